The van der Waals surface area contributed by atoms with E-state index < -0.39 is 11.3 Å². The molecule has 2 heterocycles. The number of nitrogens with one attached hydrogen (secondary N) is 1. The zero-order valence-corrected chi connectivity index (χ0v) is 17.5. The Morgan fingerprint density at radius 1 is 1.13 bits per heavy atom. The van der Waals surface area contributed by atoms with Crippen LogP contribution in [0.15, 0.2) is 75.7 Å². The first-order chi connectivity index (χ1) is 14.5. The third-order valence-electron chi connectivity index (χ3n) is 6.00. The van der Waals surface area contributed by atoms with Gasteiger partial charge in [0.05, 0.1) is 5.57 Å². The van der Waals surface area contributed by atoms with Crippen LogP contribution in [0.2, 0.25) is 0 Å². The summed E-state index contributed by atoms with van der Waals surface area (Å²) < 4.78 is 0.754. The maximum absolute atomic E-state index is 13.5. The number of halogens is 1. The summed E-state index contributed by atoms with van der Waals surface area (Å²) in [6.45, 7) is 0. The summed E-state index contributed by atoms with van der Waals surface area (Å²) in [4.78, 5) is 28.6. The quantitative estimate of drug-likeness (QED) is 0.672. The Hall–Kier alpha value is -3.37. The van der Waals surface area contributed by atoms with Crippen molar-refractivity contribution < 1.29 is 9.59 Å². The van der Waals surface area contributed by atoms with Crippen LogP contribution < -0.4 is 16.0 Å². The van der Waals surface area contributed by atoms with Crippen LogP contribution in [0.3, 0.4) is 0 Å². The Morgan fingerprint density at radius 3 is 2.63 bits per heavy atom. The molecule has 0 aromatic heterocycles. The van der Waals surface area contributed by atoms with Crippen molar-refractivity contribution in [3.05, 3.63) is 81.2 Å². The van der Waals surface area contributed by atoms with E-state index in [0.717, 1.165) is 10.2 Å². The summed E-state index contributed by atoms with van der Waals surface area (Å²) in [6.07, 6.45) is 1.59. The maximum Gasteiger partial charge on any atom is 0.245 e. The zero-order valence-electron chi connectivity index (χ0n) is 15.9. The molecule has 1 amide bonds. The highest BCUT2D eigenvalue weighted by Gasteiger charge is 2.60. The van der Waals surface area contributed by atoms with E-state index in [0.29, 0.717) is 41.8 Å². The summed E-state index contributed by atoms with van der Waals surface area (Å²) in [6, 6.07) is 17.0. The maximum atomic E-state index is 13.5. The number of carbonyl (C=O) groups is 2. The second-order valence-corrected chi connectivity index (χ2v) is 8.45. The van der Waals surface area contributed by atoms with Gasteiger partial charge in [-0.25, -0.2) is 0 Å². The number of para-hydroxylation sites is 1. The highest BCUT2D eigenvalue weighted by Crippen LogP contribution is 2.55. The fourth-order valence-electron chi connectivity index (χ4n) is 4.83. The highest BCUT2D eigenvalue weighted by molar-refractivity contribution is 9.10. The Morgan fingerprint density at radius 2 is 1.90 bits per heavy atom. The standard InChI is InChI=1S/C23H17BrN4O2/c24-13-9-10-17-15(11-13)23(22(30)27-17)16(12-25)21(26)28(14-5-2-1-3-6-14)18-7-4-8-19(29)20(18)23/h1-3,5-6,9-11H,4,7-8,26H2,(H,27,30). The van der Waals surface area contributed by atoms with Gasteiger partial charge < -0.3 is 11.1 Å². The molecule has 2 aromatic carbocycles. The molecule has 0 fully saturated rings. The fraction of sp³-hybridized carbons (Fsp3) is 0.174. The monoisotopic (exact) mass is 460 g/mol. The van der Waals surface area contributed by atoms with Gasteiger partial charge in [-0.1, -0.05) is 34.1 Å². The van der Waals surface area contributed by atoms with E-state index in [9.17, 15) is 14.9 Å². The molecule has 0 saturated heterocycles. The number of nitrogens with two attached hydrogens (primary N) is 1. The third kappa shape index (κ3) is 2.28. The Kier molecular flexibility index (Phi) is 4.09. The van der Waals surface area contributed by atoms with Crippen LogP contribution in [0.25, 0.3) is 0 Å². The van der Waals surface area contributed by atoms with Crippen molar-refractivity contribution in [3.63, 3.8) is 0 Å². The molecular weight excluding hydrogens is 444 g/mol. The number of hydrogen-bond donors (Lipinski definition) is 2. The lowest BCUT2D eigenvalue weighted by atomic mass is 9.64. The number of rotatable bonds is 1. The minimum absolute atomic E-state index is 0.0784. The Bertz CT molecular complexity index is 1230. The number of Topliss-reactive ketones (excluding diaryl/α,β-unsaturated/α-hetero) is 1. The summed E-state index contributed by atoms with van der Waals surface area (Å²) >= 11 is 3.46. The first-order valence-corrected chi connectivity index (χ1v) is 10.4. The van der Waals surface area contributed by atoms with Gasteiger partial charge in [0.2, 0.25) is 5.91 Å². The van der Waals surface area contributed by atoms with Gasteiger partial charge in [0.1, 0.15) is 17.3 Å². The molecule has 1 atom stereocenters. The molecule has 3 aliphatic rings. The largest absolute Gasteiger partial charge is 0.384 e. The van der Waals surface area contributed by atoms with Crippen LogP contribution in [0, 0.1) is 11.3 Å². The summed E-state index contributed by atoms with van der Waals surface area (Å²) in [5, 5.41) is 13.1. The minimum Gasteiger partial charge on any atom is -0.384 e. The van der Waals surface area contributed by atoms with Crippen molar-refractivity contribution in [2.45, 2.75) is 24.7 Å². The molecule has 7 heteroatoms. The van der Waals surface area contributed by atoms with E-state index in [1.807, 2.05) is 36.4 Å². The average Bonchev–Trinajstić information content (AvgIpc) is 3.01. The van der Waals surface area contributed by atoms with Crippen LogP contribution in [-0.4, -0.2) is 11.7 Å². The molecule has 3 N–H and O–H groups in total. The molecule has 1 unspecified atom stereocenters. The van der Waals surface area contributed by atoms with E-state index in [-0.39, 0.29) is 17.2 Å². The Balaban J connectivity index is 1.90. The molecule has 2 aliphatic heterocycles. The SMILES string of the molecule is N#CC1=C(N)N(c2ccccc2)C2=C(C(=O)CCC2)C12C(=O)Nc1ccc(Br)cc12. The molecule has 0 radical (unpaired) electrons. The minimum atomic E-state index is -1.53. The summed E-state index contributed by atoms with van der Waals surface area (Å²) in [7, 11) is 0. The summed E-state index contributed by atoms with van der Waals surface area (Å²) in [5.41, 5.74) is 8.10. The Labute approximate surface area is 181 Å². The summed E-state index contributed by atoms with van der Waals surface area (Å²) in [5.74, 6) is -0.355. The smallest absolute Gasteiger partial charge is 0.245 e. The van der Waals surface area contributed by atoms with Gasteiger partial charge in [0.25, 0.3) is 0 Å². The van der Waals surface area contributed by atoms with E-state index >= 15 is 0 Å². The van der Waals surface area contributed by atoms with Gasteiger partial charge in [-0.3, -0.25) is 14.5 Å². The third-order valence-corrected chi connectivity index (χ3v) is 6.50. The van der Waals surface area contributed by atoms with Crippen LogP contribution >= 0.6 is 15.9 Å². The predicted molar refractivity (Wildman–Crippen MR) is 116 cm³/mol. The number of amides is 1. The number of carbonyl (C=O) groups excluding carboxylic acids is 2. The van der Waals surface area contributed by atoms with Crippen molar-refractivity contribution in [3.8, 4) is 6.07 Å². The zero-order chi connectivity index (χ0) is 21.0. The lowest BCUT2D eigenvalue weighted by Crippen LogP contribution is -2.50. The van der Waals surface area contributed by atoms with Crippen LogP contribution in [0.5, 0.6) is 0 Å². The lowest BCUT2D eigenvalue weighted by Gasteiger charge is -2.43. The molecular formula is C23H17BrN4O2. The molecule has 1 spiro atoms. The average molecular weight is 461 g/mol. The van der Waals surface area contributed by atoms with E-state index in [2.05, 4.69) is 27.3 Å². The van der Waals surface area contributed by atoms with E-state index in [1.165, 1.54) is 0 Å². The molecule has 30 heavy (non-hydrogen) atoms. The van der Waals surface area contributed by atoms with Gasteiger partial charge in [0.15, 0.2) is 5.78 Å². The number of nitriles is 1. The number of allylic oxidation sites excluding steroid dienone is 1. The molecule has 2 aromatic rings. The normalized spacial score (nSPS) is 22.7. The molecule has 6 nitrogen and oxygen atoms in total. The van der Waals surface area contributed by atoms with Gasteiger partial charge in [-0.2, -0.15) is 5.26 Å². The predicted octanol–water partition coefficient (Wildman–Crippen LogP) is 3.86. The van der Waals surface area contributed by atoms with Gasteiger partial charge in [-0.15, -0.1) is 0 Å². The lowest BCUT2D eigenvalue weighted by molar-refractivity contribution is -0.122. The second kappa shape index (κ2) is 6.57. The first-order valence-electron chi connectivity index (χ1n) is 9.64. The van der Waals surface area contributed by atoms with E-state index in [4.69, 9.17) is 5.73 Å². The van der Waals surface area contributed by atoms with Crippen LogP contribution in [0.4, 0.5) is 11.4 Å². The molecule has 0 saturated carbocycles. The second-order valence-electron chi connectivity index (χ2n) is 7.54. The van der Waals surface area contributed by atoms with Crippen molar-refractivity contribution in [2.75, 3.05) is 10.2 Å². The fourth-order valence-corrected chi connectivity index (χ4v) is 5.20. The molecule has 0 bridgehead atoms. The highest BCUT2D eigenvalue weighted by atomic mass is 79.9. The van der Waals surface area contributed by atoms with Crippen LogP contribution in [-0.2, 0) is 15.0 Å². The van der Waals surface area contributed by atoms with Crippen molar-refractivity contribution in [1.29, 1.82) is 5.26 Å². The number of anilines is 2. The van der Waals surface area contributed by atoms with E-state index in [1.54, 1.807) is 17.0 Å². The number of hydrogen-bond acceptors (Lipinski definition) is 5. The van der Waals surface area contributed by atoms with Crippen molar-refractivity contribution in [1.82, 2.24) is 0 Å². The number of nitrogens with zero attached hydrogens (tertiary/aromatic N) is 2. The number of benzene rings is 2. The molecule has 148 valence electrons. The van der Waals surface area contributed by atoms with Crippen LogP contribution in [0.1, 0.15) is 24.8 Å². The number of ketones is 1. The first kappa shape index (κ1) is 18.6. The van der Waals surface area contributed by atoms with Crippen molar-refractivity contribution >= 4 is 39.0 Å². The molecule has 1 aliphatic carbocycles. The molecule has 5 rings (SSSR count). The van der Waals surface area contributed by atoms with Gasteiger partial charge in [0, 0.05) is 39.1 Å². The van der Waals surface area contributed by atoms with Gasteiger partial charge in [-0.05, 0) is 43.2 Å². The topological polar surface area (TPSA) is 99.2 Å². The van der Waals surface area contributed by atoms with Gasteiger partial charge >= 0.3 is 0 Å². The van der Waals surface area contributed by atoms with Crippen molar-refractivity contribution in [2.24, 2.45) is 5.73 Å². The number of fused-ring (bicyclic) bond motifs is 3.